The third-order valence-corrected chi connectivity index (χ3v) is 7.72. The van der Waals surface area contributed by atoms with E-state index in [1.165, 1.54) is 50.5 Å². The number of allylic oxidation sites excluding steroid dienone is 2. The van der Waals surface area contributed by atoms with Crippen molar-refractivity contribution in [3.05, 3.63) is 45.7 Å². The molecule has 4 heterocycles. The fourth-order valence-corrected chi connectivity index (χ4v) is 6.14. The third kappa shape index (κ3) is 4.98. The minimum atomic E-state index is -0.216. The van der Waals surface area contributed by atoms with Crippen molar-refractivity contribution in [3.63, 3.8) is 0 Å². The Labute approximate surface area is 201 Å². The first-order valence-corrected chi connectivity index (χ1v) is 13.0. The Bertz CT molecular complexity index is 1010. The van der Waals surface area contributed by atoms with Gasteiger partial charge in [-0.05, 0) is 68.7 Å². The van der Waals surface area contributed by atoms with Crippen LogP contribution in [0.3, 0.4) is 0 Å². The summed E-state index contributed by atoms with van der Waals surface area (Å²) in [5.74, 6) is 2.29. The van der Waals surface area contributed by atoms with Gasteiger partial charge in [0.05, 0.1) is 19.6 Å². The lowest BCUT2D eigenvalue weighted by atomic mass is 9.76. The molecule has 8 nitrogen and oxygen atoms in total. The van der Waals surface area contributed by atoms with Gasteiger partial charge in [-0.3, -0.25) is 9.59 Å². The number of anilines is 1. The van der Waals surface area contributed by atoms with Gasteiger partial charge in [0.25, 0.3) is 5.56 Å². The zero-order valence-corrected chi connectivity index (χ0v) is 20.3. The van der Waals surface area contributed by atoms with Crippen LogP contribution in [0.5, 0.6) is 0 Å². The van der Waals surface area contributed by atoms with Crippen LogP contribution in [0.25, 0.3) is 0 Å². The highest BCUT2D eigenvalue weighted by atomic mass is 16.5. The van der Waals surface area contributed by atoms with E-state index in [1.54, 1.807) is 0 Å². The second kappa shape index (κ2) is 10.4. The lowest BCUT2D eigenvalue weighted by Crippen LogP contribution is -2.39. The Hall–Kier alpha value is -2.45. The second-order valence-electron chi connectivity index (χ2n) is 9.98. The molecule has 2 unspecified atom stereocenters. The van der Waals surface area contributed by atoms with Gasteiger partial charge in [0.1, 0.15) is 11.6 Å². The van der Waals surface area contributed by atoms with Crippen molar-refractivity contribution in [2.75, 3.05) is 57.4 Å². The highest BCUT2D eigenvalue weighted by Crippen LogP contribution is 2.41. The molecule has 1 N–H and O–H groups in total. The molecule has 0 bridgehead atoms. The monoisotopic (exact) mass is 467 g/mol. The van der Waals surface area contributed by atoms with E-state index in [2.05, 4.69) is 33.9 Å². The summed E-state index contributed by atoms with van der Waals surface area (Å²) in [6.07, 6.45) is 10.3. The van der Waals surface area contributed by atoms with Gasteiger partial charge in [-0.15, -0.1) is 0 Å². The molecular weight excluding hydrogens is 430 g/mol. The van der Waals surface area contributed by atoms with Crippen molar-refractivity contribution in [3.8, 4) is 0 Å². The van der Waals surface area contributed by atoms with Gasteiger partial charge in [0.15, 0.2) is 0 Å². The number of aromatic amines is 1. The average molecular weight is 468 g/mol. The van der Waals surface area contributed by atoms with Crippen LogP contribution < -0.4 is 10.5 Å². The van der Waals surface area contributed by atoms with Crippen LogP contribution in [0.15, 0.2) is 34.3 Å². The summed E-state index contributed by atoms with van der Waals surface area (Å²) < 4.78 is 5.40. The molecule has 8 heteroatoms. The third-order valence-electron chi connectivity index (χ3n) is 7.72. The lowest BCUT2D eigenvalue weighted by molar-refractivity contribution is -0.128. The number of hydrogen-bond donors (Lipinski definition) is 1. The molecule has 1 aliphatic carbocycles. The number of nitrogens with zero attached hydrogens (tertiary/aromatic N) is 4. The van der Waals surface area contributed by atoms with E-state index in [1.807, 2.05) is 9.80 Å². The van der Waals surface area contributed by atoms with Gasteiger partial charge in [-0.1, -0.05) is 13.0 Å². The summed E-state index contributed by atoms with van der Waals surface area (Å²) in [5.41, 5.74) is 2.34. The summed E-state index contributed by atoms with van der Waals surface area (Å²) in [5, 5.41) is 0. The van der Waals surface area contributed by atoms with E-state index >= 15 is 0 Å². The molecule has 34 heavy (non-hydrogen) atoms. The van der Waals surface area contributed by atoms with E-state index in [0.717, 1.165) is 25.1 Å². The summed E-state index contributed by atoms with van der Waals surface area (Å²) >= 11 is 0. The fourth-order valence-electron chi connectivity index (χ4n) is 6.14. The highest BCUT2D eigenvalue weighted by Gasteiger charge is 2.36. The Morgan fingerprint density at radius 1 is 1.24 bits per heavy atom. The van der Waals surface area contributed by atoms with Gasteiger partial charge in [0, 0.05) is 37.9 Å². The predicted octanol–water partition coefficient (Wildman–Crippen LogP) is 2.33. The number of rotatable bonds is 6. The molecule has 0 aromatic carbocycles. The van der Waals surface area contributed by atoms with Crippen LogP contribution in [-0.4, -0.2) is 78.2 Å². The van der Waals surface area contributed by atoms with Crippen LogP contribution in [0.4, 0.5) is 5.82 Å². The molecule has 2 fully saturated rings. The Morgan fingerprint density at radius 2 is 2.09 bits per heavy atom. The first kappa shape index (κ1) is 23.3. The van der Waals surface area contributed by atoms with Gasteiger partial charge in [-0.2, -0.15) is 0 Å². The molecule has 0 saturated carbocycles. The van der Waals surface area contributed by atoms with Crippen molar-refractivity contribution in [1.29, 1.82) is 0 Å². The summed E-state index contributed by atoms with van der Waals surface area (Å²) in [6, 6.07) is 1.51. The maximum atomic E-state index is 13.3. The van der Waals surface area contributed by atoms with Crippen LogP contribution in [0, 0.1) is 11.8 Å². The van der Waals surface area contributed by atoms with Gasteiger partial charge < -0.3 is 24.4 Å². The van der Waals surface area contributed by atoms with Gasteiger partial charge in [-0.25, -0.2) is 4.98 Å². The van der Waals surface area contributed by atoms with E-state index in [0.29, 0.717) is 49.8 Å². The number of hydrogen-bond acceptors (Lipinski definition) is 6. The molecule has 1 amide bonds. The molecule has 3 aliphatic heterocycles. The van der Waals surface area contributed by atoms with Crippen molar-refractivity contribution < 1.29 is 9.53 Å². The van der Waals surface area contributed by atoms with Crippen molar-refractivity contribution >= 4 is 11.7 Å². The number of H-pyrrole nitrogens is 1. The first-order chi connectivity index (χ1) is 16.6. The van der Waals surface area contributed by atoms with Crippen LogP contribution in [-0.2, 0) is 16.0 Å². The first-order valence-electron chi connectivity index (χ1n) is 13.0. The zero-order chi connectivity index (χ0) is 23.5. The Balaban J connectivity index is 1.29. The number of morpholine rings is 1. The smallest absolute Gasteiger partial charge is 0.252 e. The highest BCUT2D eigenvalue weighted by molar-refractivity contribution is 5.81. The fraction of sp³-hybridized carbons (Fsp3) is 0.654. The molecule has 2 saturated heterocycles. The van der Waals surface area contributed by atoms with Crippen LogP contribution >= 0.6 is 0 Å². The molecular formula is C26H37N5O3. The van der Waals surface area contributed by atoms with E-state index < -0.39 is 0 Å². The molecule has 4 aliphatic rings. The van der Waals surface area contributed by atoms with Crippen molar-refractivity contribution in [2.45, 2.75) is 45.4 Å². The summed E-state index contributed by atoms with van der Waals surface area (Å²) in [7, 11) is 0. The Morgan fingerprint density at radius 3 is 2.91 bits per heavy atom. The molecule has 1 aromatic rings. The zero-order valence-electron chi connectivity index (χ0n) is 20.3. The van der Waals surface area contributed by atoms with Crippen LogP contribution in [0.1, 0.15) is 44.9 Å². The van der Waals surface area contributed by atoms with Crippen molar-refractivity contribution in [2.24, 2.45) is 11.8 Å². The minimum Gasteiger partial charge on any atom is -0.378 e. The Kier molecular flexibility index (Phi) is 7.15. The molecule has 1 aromatic heterocycles. The number of ether oxygens (including phenoxy) is 1. The summed E-state index contributed by atoms with van der Waals surface area (Å²) in [6.45, 7) is 9.22. The lowest BCUT2D eigenvalue weighted by Gasteiger charge is -2.38. The SMILES string of the molecule is CCCN1CCCC(C2CC=CC3=C2CCN3C(=O)Cc2nc(N3CCOCC3)cc(=O)[nH]2)C1. The minimum absolute atomic E-state index is 0.00818. The standard InChI is InChI=1S/C26H37N5O3/c1-2-9-29-10-4-5-19(18-29)20-6-3-7-22-21(20)8-11-31(22)26(33)16-23-27-24(17-25(32)28-23)30-12-14-34-15-13-30/h3,7,17,19-20H,2,4-6,8-16,18H2,1H3,(H,27,28,32). The molecule has 184 valence electrons. The molecule has 0 radical (unpaired) electrons. The largest absolute Gasteiger partial charge is 0.378 e. The van der Waals surface area contributed by atoms with Crippen molar-refractivity contribution in [1.82, 2.24) is 19.8 Å². The summed E-state index contributed by atoms with van der Waals surface area (Å²) in [4.78, 5) is 39.6. The van der Waals surface area contributed by atoms with Gasteiger partial charge >= 0.3 is 0 Å². The van der Waals surface area contributed by atoms with Gasteiger partial charge in [0.2, 0.25) is 5.91 Å². The number of likely N-dealkylation sites (tertiary alicyclic amines) is 1. The molecule has 0 spiro atoms. The quantitative estimate of drug-likeness (QED) is 0.692. The number of carbonyl (C=O) groups excluding carboxylic acids is 1. The topological polar surface area (TPSA) is 81.8 Å². The number of aromatic nitrogens is 2. The number of amides is 1. The number of piperidine rings is 1. The number of nitrogens with one attached hydrogen (secondary N) is 1. The van der Waals surface area contributed by atoms with Crippen LogP contribution in [0.2, 0.25) is 0 Å². The predicted molar refractivity (Wildman–Crippen MR) is 132 cm³/mol. The molecule has 5 rings (SSSR count). The second-order valence-corrected chi connectivity index (χ2v) is 9.98. The molecule has 2 atom stereocenters. The maximum absolute atomic E-state index is 13.3. The normalized spacial score (nSPS) is 25.7. The van der Waals surface area contributed by atoms with E-state index in [9.17, 15) is 9.59 Å². The number of carbonyl (C=O) groups is 1. The van der Waals surface area contributed by atoms with E-state index in [-0.39, 0.29) is 17.9 Å². The average Bonchev–Trinajstić information content (AvgIpc) is 3.29. The maximum Gasteiger partial charge on any atom is 0.252 e. The van der Waals surface area contributed by atoms with E-state index in [4.69, 9.17) is 4.74 Å².